The smallest absolute Gasteiger partial charge is 0.256 e. The van der Waals surface area contributed by atoms with E-state index in [1.165, 1.54) is 12.1 Å². The van der Waals surface area contributed by atoms with E-state index in [1.807, 2.05) is 0 Å². The van der Waals surface area contributed by atoms with E-state index in [0.29, 0.717) is 25.1 Å². The third kappa shape index (κ3) is 3.83. The molecule has 112 valence electrons. The summed E-state index contributed by atoms with van der Waals surface area (Å²) in [6.45, 7) is 5.50. The Morgan fingerprint density at radius 2 is 2.24 bits per heavy atom. The number of aliphatic hydroxyl groups excluding tert-OH is 1. The molecule has 3 nitrogen and oxygen atoms in total. The van der Waals surface area contributed by atoms with Gasteiger partial charge in [0.15, 0.2) is 0 Å². The molecule has 0 aliphatic carbocycles. The Kier molecular flexibility index (Phi) is 4.64. The van der Waals surface area contributed by atoms with Gasteiger partial charge < -0.3 is 10.0 Å². The molecule has 2 rings (SSSR count). The van der Waals surface area contributed by atoms with Gasteiger partial charge in [0.25, 0.3) is 5.91 Å². The second kappa shape index (κ2) is 6.28. The van der Waals surface area contributed by atoms with Gasteiger partial charge in [-0.3, -0.25) is 4.79 Å². The second-order valence-corrected chi connectivity index (χ2v) is 6.11. The molecule has 0 bridgehead atoms. The van der Waals surface area contributed by atoms with Crippen LogP contribution < -0.4 is 0 Å². The zero-order chi connectivity index (χ0) is 15.5. The molecule has 1 aromatic rings. The van der Waals surface area contributed by atoms with E-state index in [9.17, 15) is 9.18 Å². The Hall–Kier alpha value is -1.86. The molecule has 0 saturated carbocycles. The third-order valence-corrected chi connectivity index (χ3v) is 3.63. The molecule has 0 spiro atoms. The van der Waals surface area contributed by atoms with Gasteiger partial charge in [0.2, 0.25) is 0 Å². The largest absolute Gasteiger partial charge is 0.395 e. The summed E-state index contributed by atoms with van der Waals surface area (Å²) in [5.41, 5.74) is 0.750. The molecule has 1 heterocycles. The molecular formula is C17H20FNO2. The summed E-state index contributed by atoms with van der Waals surface area (Å²) in [5.74, 6) is 4.81. The minimum Gasteiger partial charge on any atom is -0.395 e. The van der Waals surface area contributed by atoms with E-state index >= 15 is 0 Å². The lowest BCUT2D eigenvalue weighted by Gasteiger charge is -2.20. The van der Waals surface area contributed by atoms with Gasteiger partial charge in [-0.2, -0.15) is 0 Å². The SMILES string of the molecule is CC1(C)CCN(C(=O)c2cc(C#CCCO)ccc2F)C1. The fraction of sp³-hybridized carbons (Fsp3) is 0.471. The van der Waals surface area contributed by atoms with Crippen molar-refractivity contribution in [3.05, 3.63) is 35.1 Å². The molecule has 1 N–H and O–H groups in total. The molecule has 0 atom stereocenters. The van der Waals surface area contributed by atoms with E-state index in [2.05, 4.69) is 25.7 Å². The third-order valence-electron chi connectivity index (χ3n) is 3.63. The molecule has 1 aromatic carbocycles. The van der Waals surface area contributed by atoms with Crippen LogP contribution in [-0.4, -0.2) is 35.6 Å². The molecule has 4 heteroatoms. The molecule has 0 aromatic heterocycles. The quantitative estimate of drug-likeness (QED) is 0.850. The van der Waals surface area contributed by atoms with E-state index in [0.717, 1.165) is 6.42 Å². The van der Waals surface area contributed by atoms with Gasteiger partial charge in [-0.05, 0) is 30.0 Å². The maximum atomic E-state index is 13.9. The van der Waals surface area contributed by atoms with Crippen LogP contribution in [0.1, 0.15) is 42.6 Å². The lowest BCUT2D eigenvalue weighted by atomic mass is 9.93. The first-order chi connectivity index (χ1) is 9.93. The van der Waals surface area contributed by atoms with Crippen molar-refractivity contribution in [1.82, 2.24) is 4.90 Å². The lowest BCUT2D eigenvalue weighted by Crippen LogP contribution is -2.30. The van der Waals surface area contributed by atoms with Crippen molar-refractivity contribution in [1.29, 1.82) is 0 Å². The van der Waals surface area contributed by atoms with E-state index in [-0.39, 0.29) is 23.5 Å². The average Bonchev–Trinajstić information content (AvgIpc) is 2.80. The van der Waals surface area contributed by atoms with E-state index in [4.69, 9.17) is 5.11 Å². The van der Waals surface area contributed by atoms with Crippen LogP contribution in [0.3, 0.4) is 0 Å². The van der Waals surface area contributed by atoms with Crippen molar-refractivity contribution < 1.29 is 14.3 Å². The zero-order valence-corrected chi connectivity index (χ0v) is 12.4. The predicted octanol–water partition coefficient (Wildman–Crippen LogP) is 2.43. The maximum Gasteiger partial charge on any atom is 0.256 e. The molecule has 1 aliphatic rings. The summed E-state index contributed by atoms with van der Waals surface area (Å²) in [4.78, 5) is 14.1. The average molecular weight is 289 g/mol. The summed E-state index contributed by atoms with van der Waals surface area (Å²) >= 11 is 0. The standard InChI is InChI=1S/C17H20FNO2/c1-17(2)8-9-19(12-17)16(21)14-11-13(5-3-4-10-20)6-7-15(14)18/h6-7,11,20H,4,8-10,12H2,1-2H3. The Balaban J connectivity index is 2.21. The first kappa shape index (κ1) is 15.5. The highest BCUT2D eigenvalue weighted by atomic mass is 19.1. The molecule has 1 saturated heterocycles. The molecule has 1 amide bonds. The van der Waals surface area contributed by atoms with Gasteiger partial charge in [0.05, 0.1) is 12.2 Å². The number of amides is 1. The molecular weight excluding hydrogens is 269 g/mol. The van der Waals surface area contributed by atoms with E-state index in [1.54, 1.807) is 11.0 Å². The van der Waals surface area contributed by atoms with Crippen LogP contribution in [0.4, 0.5) is 4.39 Å². The predicted molar refractivity (Wildman–Crippen MR) is 79.3 cm³/mol. The summed E-state index contributed by atoms with van der Waals surface area (Å²) in [5, 5.41) is 8.70. The number of benzene rings is 1. The summed E-state index contributed by atoms with van der Waals surface area (Å²) in [7, 11) is 0. The van der Waals surface area contributed by atoms with Crippen LogP contribution in [0.2, 0.25) is 0 Å². The maximum absolute atomic E-state index is 13.9. The number of likely N-dealkylation sites (tertiary alicyclic amines) is 1. The van der Waals surface area contributed by atoms with Gasteiger partial charge in [-0.1, -0.05) is 25.7 Å². The van der Waals surface area contributed by atoms with Gasteiger partial charge >= 0.3 is 0 Å². The highest BCUT2D eigenvalue weighted by Gasteiger charge is 2.33. The fourth-order valence-corrected chi connectivity index (χ4v) is 2.44. The number of aliphatic hydroxyl groups is 1. The van der Waals surface area contributed by atoms with Crippen molar-refractivity contribution >= 4 is 5.91 Å². The number of halogens is 1. The second-order valence-electron chi connectivity index (χ2n) is 6.11. The molecule has 1 fully saturated rings. The van der Waals surface area contributed by atoms with Crippen molar-refractivity contribution in [2.24, 2.45) is 5.41 Å². The number of rotatable bonds is 2. The molecule has 0 radical (unpaired) electrons. The Bertz CT molecular complexity index is 599. The zero-order valence-electron chi connectivity index (χ0n) is 12.4. The minimum absolute atomic E-state index is 0.0111. The van der Waals surface area contributed by atoms with Gasteiger partial charge in [0, 0.05) is 25.1 Å². The van der Waals surface area contributed by atoms with Crippen LogP contribution in [0.25, 0.3) is 0 Å². The monoisotopic (exact) mass is 289 g/mol. The van der Waals surface area contributed by atoms with Crippen LogP contribution in [0.5, 0.6) is 0 Å². The minimum atomic E-state index is -0.516. The van der Waals surface area contributed by atoms with Gasteiger partial charge in [-0.25, -0.2) is 4.39 Å². The number of hydrogen-bond donors (Lipinski definition) is 1. The lowest BCUT2D eigenvalue weighted by molar-refractivity contribution is 0.0773. The summed E-state index contributed by atoms with van der Waals surface area (Å²) < 4.78 is 13.9. The van der Waals surface area contributed by atoms with Crippen LogP contribution in [0, 0.1) is 23.1 Å². The van der Waals surface area contributed by atoms with Gasteiger partial charge in [0.1, 0.15) is 5.82 Å². The number of carbonyl (C=O) groups excluding carboxylic acids is 1. The summed E-state index contributed by atoms with van der Waals surface area (Å²) in [6, 6.07) is 4.31. The fourth-order valence-electron chi connectivity index (χ4n) is 2.44. The number of hydrogen-bond acceptors (Lipinski definition) is 2. The van der Waals surface area contributed by atoms with Crippen LogP contribution in [-0.2, 0) is 0 Å². The Morgan fingerprint density at radius 1 is 1.48 bits per heavy atom. The van der Waals surface area contributed by atoms with Crippen molar-refractivity contribution in [2.45, 2.75) is 26.7 Å². The number of nitrogens with zero attached hydrogens (tertiary/aromatic N) is 1. The van der Waals surface area contributed by atoms with Crippen molar-refractivity contribution in [3.8, 4) is 11.8 Å². The highest BCUT2D eigenvalue weighted by Crippen LogP contribution is 2.30. The highest BCUT2D eigenvalue weighted by molar-refractivity contribution is 5.95. The first-order valence-electron chi connectivity index (χ1n) is 7.11. The molecule has 0 unspecified atom stereocenters. The van der Waals surface area contributed by atoms with Gasteiger partial charge in [-0.15, -0.1) is 0 Å². The molecule has 1 aliphatic heterocycles. The Labute approximate surface area is 124 Å². The first-order valence-corrected chi connectivity index (χ1v) is 7.11. The van der Waals surface area contributed by atoms with E-state index < -0.39 is 5.82 Å². The van der Waals surface area contributed by atoms with Crippen molar-refractivity contribution in [3.63, 3.8) is 0 Å². The number of carbonyl (C=O) groups is 1. The topological polar surface area (TPSA) is 40.5 Å². The van der Waals surface area contributed by atoms with Crippen LogP contribution >= 0.6 is 0 Å². The van der Waals surface area contributed by atoms with Crippen LogP contribution in [0.15, 0.2) is 18.2 Å². The molecule has 21 heavy (non-hydrogen) atoms. The summed E-state index contributed by atoms with van der Waals surface area (Å²) in [6.07, 6.45) is 1.29. The Morgan fingerprint density at radius 3 is 2.86 bits per heavy atom. The van der Waals surface area contributed by atoms with Crippen molar-refractivity contribution in [2.75, 3.05) is 19.7 Å². The normalized spacial score (nSPS) is 16.5.